The van der Waals surface area contributed by atoms with Crippen LogP contribution >= 0.6 is 37.2 Å². The Morgan fingerprint density at radius 2 is 1.38 bits per heavy atom. The van der Waals surface area contributed by atoms with E-state index in [9.17, 15) is 0 Å². The van der Waals surface area contributed by atoms with E-state index in [0.717, 1.165) is 46.5 Å². The average molecular weight is 592 g/mol. The second kappa shape index (κ2) is 13.7. The summed E-state index contributed by atoms with van der Waals surface area (Å²) in [6.45, 7) is 4.74. The predicted molar refractivity (Wildman–Crippen MR) is 166 cm³/mol. The molecule has 2 aliphatic rings. The van der Waals surface area contributed by atoms with Crippen LogP contribution in [0.3, 0.4) is 0 Å². The van der Waals surface area contributed by atoms with Crippen LogP contribution in [-0.2, 0) is 0 Å². The molecule has 4 aromatic rings. The summed E-state index contributed by atoms with van der Waals surface area (Å²) in [5.41, 5.74) is 9.50. The van der Waals surface area contributed by atoms with Crippen molar-refractivity contribution in [2.24, 2.45) is 0 Å². The van der Waals surface area contributed by atoms with Gasteiger partial charge in [-0.3, -0.25) is 4.90 Å². The molecule has 2 aromatic carbocycles. The summed E-state index contributed by atoms with van der Waals surface area (Å²) in [4.78, 5) is 14.1. The number of hydrogen-bond acceptors (Lipinski definition) is 6. The van der Waals surface area contributed by atoms with E-state index < -0.39 is 0 Å². The van der Waals surface area contributed by atoms with Crippen molar-refractivity contribution >= 4 is 54.1 Å². The van der Waals surface area contributed by atoms with Gasteiger partial charge in [0.2, 0.25) is 0 Å². The number of ether oxygens (including phenoxy) is 1. The molecule has 6 rings (SSSR count). The lowest BCUT2D eigenvalue weighted by atomic mass is 9.89. The zero-order valence-corrected chi connectivity index (χ0v) is 24.6. The van der Waals surface area contributed by atoms with Crippen LogP contribution in [0.25, 0.3) is 22.2 Å². The molecule has 0 amide bonds. The molecule has 10 heteroatoms. The van der Waals surface area contributed by atoms with Gasteiger partial charge in [-0.25, -0.2) is 9.97 Å². The standard InChI is InChI=1S/C29H34N6O.3ClH/c1-33-15-17-34(18-16-33)22-9-11-23(12-10-22)35-19-26(27-28(30)31-20-32-29(27)35)21-7-13-25(14-8-21)36-24-5-3-2-4-6-24;;;/h2-8,13-14,19-20,22-23H,9-12,15-18H2,1H3,(H2,30,31,32);3*1H/t22-,23-;;;. The second-order valence-corrected chi connectivity index (χ2v) is 10.1. The Labute approximate surface area is 249 Å². The van der Waals surface area contributed by atoms with Gasteiger partial charge in [0.25, 0.3) is 0 Å². The van der Waals surface area contributed by atoms with Crippen molar-refractivity contribution < 1.29 is 4.74 Å². The van der Waals surface area contributed by atoms with Crippen LogP contribution in [0, 0.1) is 0 Å². The Balaban J connectivity index is 0.00000140. The van der Waals surface area contributed by atoms with Gasteiger partial charge in [-0.2, -0.15) is 0 Å². The van der Waals surface area contributed by atoms with Crippen molar-refractivity contribution in [3.63, 3.8) is 0 Å². The first-order chi connectivity index (χ1) is 17.7. The molecular weight excluding hydrogens is 555 g/mol. The van der Waals surface area contributed by atoms with E-state index >= 15 is 0 Å². The molecule has 1 saturated heterocycles. The van der Waals surface area contributed by atoms with Gasteiger partial charge in [0.15, 0.2) is 0 Å². The minimum Gasteiger partial charge on any atom is -0.457 e. The number of halogens is 3. The molecule has 2 fully saturated rings. The number of para-hydroxylation sites is 1. The molecule has 0 unspecified atom stereocenters. The van der Waals surface area contributed by atoms with Gasteiger partial charge in [-0.1, -0.05) is 30.3 Å². The molecule has 0 atom stereocenters. The highest BCUT2D eigenvalue weighted by Gasteiger charge is 2.29. The third-order valence-electron chi connectivity index (χ3n) is 7.90. The number of aromatic nitrogens is 3. The Morgan fingerprint density at radius 1 is 0.769 bits per heavy atom. The van der Waals surface area contributed by atoms with E-state index in [1.807, 2.05) is 42.5 Å². The molecule has 0 spiro atoms. The highest BCUT2D eigenvalue weighted by molar-refractivity contribution is 6.00. The summed E-state index contributed by atoms with van der Waals surface area (Å²) < 4.78 is 8.34. The SMILES string of the molecule is CN1CCN([C@H]2CC[C@H](n3cc(-c4ccc(Oc5ccccc5)cc4)c4c(N)ncnc43)CC2)CC1.Cl.Cl.Cl. The van der Waals surface area contributed by atoms with Gasteiger partial charge in [0.1, 0.15) is 29.3 Å². The number of hydrogen-bond donors (Lipinski definition) is 1. The van der Waals surface area contributed by atoms with Crippen LogP contribution in [0.5, 0.6) is 11.5 Å². The molecule has 3 heterocycles. The van der Waals surface area contributed by atoms with Gasteiger partial charge in [-0.05, 0) is 62.6 Å². The molecule has 2 N–H and O–H groups in total. The zero-order chi connectivity index (χ0) is 24.5. The Hall–Kier alpha value is -2.55. The summed E-state index contributed by atoms with van der Waals surface area (Å²) in [5, 5.41) is 0.940. The molecule has 2 aromatic heterocycles. The maximum atomic E-state index is 6.40. The Morgan fingerprint density at radius 3 is 2.05 bits per heavy atom. The van der Waals surface area contributed by atoms with Crippen molar-refractivity contribution in [1.82, 2.24) is 24.3 Å². The highest BCUT2D eigenvalue weighted by Crippen LogP contribution is 2.39. The third kappa shape index (κ3) is 6.61. The first kappa shape index (κ1) is 31.0. The van der Waals surface area contributed by atoms with Crippen LogP contribution in [-0.4, -0.2) is 63.6 Å². The van der Waals surface area contributed by atoms with Gasteiger partial charge in [-0.15, -0.1) is 37.2 Å². The predicted octanol–water partition coefficient (Wildman–Crippen LogP) is 6.47. The van der Waals surface area contributed by atoms with Gasteiger partial charge in [0, 0.05) is 50.0 Å². The van der Waals surface area contributed by atoms with Crippen molar-refractivity contribution in [2.45, 2.75) is 37.8 Å². The van der Waals surface area contributed by atoms with E-state index in [-0.39, 0.29) is 37.2 Å². The van der Waals surface area contributed by atoms with Crippen LogP contribution in [0.4, 0.5) is 5.82 Å². The number of nitrogens with two attached hydrogens (primary N) is 1. The molecule has 1 aliphatic carbocycles. The molecule has 1 saturated carbocycles. The van der Waals surface area contributed by atoms with Gasteiger partial charge >= 0.3 is 0 Å². The van der Waals surface area contributed by atoms with Crippen LogP contribution < -0.4 is 10.5 Å². The number of piperazine rings is 1. The lowest BCUT2D eigenvalue weighted by Gasteiger charge is -2.41. The monoisotopic (exact) mass is 590 g/mol. The smallest absolute Gasteiger partial charge is 0.146 e. The second-order valence-electron chi connectivity index (χ2n) is 10.1. The van der Waals surface area contributed by atoms with E-state index in [2.05, 4.69) is 49.7 Å². The lowest BCUT2D eigenvalue weighted by Crippen LogP contribution is -2.49. The van der Waals surface area contributed by atoms with E-state index in [1.165, 1.54) is 39.0 Å². The van der Waals surface area contributed by atoms with Crippen LogP contribution in [0.1, 0.15) is 31.7 Å². The summed E-state index contributed by atoms with van der Waals surface area (Å²) in [7, 11) is 2.22. The number of anilines is 1. The quantitative estimate of drug-likeness (QED) is 0.287. The zero-order valence-electron chi connectivity index (χ0n) is 22.1. The molecular formula is C29H37Cl3N6O. The normalized spacial score (nSPS) is 19.9. The molecule has 1 aliphatic heterocycles. The topological polar surface area (TPSA) is 72.4 Å². The highest BCUT2D eigenvalue weighted by atomic mass is 35.5. The fourth-order valence-electron chi connectivity index (χ4n) is 5.82. The molecule has 210 valence electrons. The number of nitrogen functional groups attached to an aromatic ring is 1. The van der Waals surface area contributed by atoms with E-state index in [1.54, 1.807) is 6.33 Å². The maximum Gasteiger partial charge on any atom is 0.146 e. The van der Waals surface area contributed by atoms with Crippen molar-refractivity contribution in [1.29, 1.82) is 0 Å². The molecule has 0 radical (unpaired) electrons. The fourth-order valence-corrected chi connectivity index (χ4v) is 5.82. The summed E-state index contributed by atoms with van der Waals surface area (Å²) in [6.07, 6.45) is 8.61. The van der Waals surface area contributed by atoms with Crippen LogP contribution in [0.15, 0.2) is 67.1 Å². The number of likely N-dealkylation sites (N-methyl/N-ethyl adjacent to an activating group) is 1. The maximum absolute atomic E-state index is 6.40. The minimum atomic E-state index is 0. The number of benzene rings is 2. The summed E-state index contributed by atoms with van der Waals surface area (Å²) in [5.74, 6) is 2.16. The van der Waals surface area contributed by atoms with Crippen molar-refractivity contribution in [3.8, 4) is 22.6 Å². The minimum absolute atomic E-state index is 0. The number of fused-ring (bicyclic) bond motifs is 1. The summed E-state index contributed by atoms with van der Waals surface area (Å²) >= 11 is 0. The van der Waals surface area contributed by atoms with Gasteiger partial charge in [0.05, 0.1) is 5.39 Å². The van der Waals surface area contributed by atoms with Crippen molar-refractivity contribution in [3.05, 3.63) is 67.1 Å². The lowest BCUT2D eigenvalue weighted by molar-refractivity contribution is 0.0828. The molecule has 0 bridgehead atoms. The number of nitrogens with zero attached hydrogens (tertiary/aromatic N) is 5. The molecule has 39 heavy (non-hydrogen) atoms. The van der Waals surface area contributed by atoms with Gasteiger partial charge < -0.3 is 19.9 Å². The first-order valence-corrected chi connectivity index (χ1v) is 13.0. The van der Waals surface area contributed by atoms with E-state index in [4.69, 9.17) is 10.5 Å². The van der Waals surface area contributed by atoms with Crippen molar-refractivity contribution in [2.75, 3.05) is 39.0 Å². The largest absolute Gasteiger partial charge is 0.457 e. The molecule has 7 nitrogen and oxygen atoms in total. The van der Waals surface area contributed by atoms with E-state index in [0.29, 0.717) is 17.9 Å². The number of rotatable bonds is 5. The van der Waals surface area contributed by atoms with Crippen LogP contribution in [0.2, 0.25) is 0 Å². The Kier molecular flexibility index (Phi) is 10.9. The average Bonchev–Trinajstić information content (AvgIpc) is 3.31. The first-order valence-electron chi connectivity index (χ1n) is 13.0. The fraction of sp³-hybridized carbons (Fsp3) is 0.379. The third-order valence-corrected chi connectivity index (χ3v) is 7.90. The Bertz CT molecular complexity index is 1320. The summed E-state index contributed by atoms with van der Waals surface area (Å²) in [6, 6.07) is 19.2.